The number of carbonyl (C=O) groups excluding carboxylic acids is 3. The minimum Gasteiger partial charge on any atom is -0.352 e. The Bertz CT molecular complexity index is 1210. The third kappa shape index (κ3) is 6.85. The van der Waals surface area contributed by atoms with E-state index in [2.05, 4.69) is 22.5 Å². The molecule has 6 nitrogen and oxygen atoms in total. The lowest BCUT2D eigenvalue weighted by molar-refractivity contribution is 0.0938. The minimum atomic E-state index is -0.518. The molecule has 7 heteroatoms. The highest BCUT2D eigenvalue weighted by Crippen LogP contribution is 2.31. The lowest BCUT2D eigenvalue weighted by atomic mass is 9.89. The van der Waals surface area contributed by atoms with Crippen molar-refractivity contribution in [3.63, 3.8) is 0 Å². The van der Waals surface area contributed by atoms with Crippen molar-refractivity contribution >= 4 is 17.7 Å². The zero-order valence-corrected chi connectivity index (χ0v) is 21.7. The monoisotopic (exact) mass is 505 g/mol. The van der Waals surface area contributed by atoms with Crippen molar-refractivity contribution in [3.8, 4) is 11.1 Å². The number of hydrogen-bond donors (Lipinski definition) is 3. The largest absolute Gasteiger partial charge is 0.352 e. The Morgan fingerprint density at radius 2 is 1.62 bits per heavy atom. The number of amides is 3. The molecule has 3 amide bonds. The average Bonchev–Trinajstić information content (AvgIpc) is 3.71. The van der Waals surface area contributed by atoms with Crippen LogP contribution in [0.5, 0.6) is 0 Å². The van der Waals surface area contributed by atoms with E-state index in [9.17, 15) is 18.8 Å². The number of nitrogens with one attached hydrogen (secondary N) is 3. The summed E-state index contributed by atoms with van der Waals surface area (Å²) in [5.41, 5.74) is 2.90. The van der Waals surface area contributed by atoms with E-state index in [0.717, 1.165) is 31.3 Å². The highest BCUT2D eigenvalue weighted by molar-refractivity contribution is 6.05. The van der Waals surface area contributed by atoms with E-state index in [4.69, 9.17) is 0 Å². The van der Waals surface area contributed by atoms with Gasteiger partial charge in [-0.25, -0.2) is 4.39 Å². The van der Waals surface area contributed by atoms with Crippen molar-refractivity contribution in [2.24, 2.45) is 5.92 Å². The van der Waals surface area contributed by atoms with E-state index in [1.165, 1.54) is 25.3 Å². The lowest BCUT2D eigenvalue weighted by Crippen LogP contribution is -2.31. The maximum absolute atomic E-state index is 15.0. The van der Waals surface area contributed by atoms with E-state index in [1.54, 1.807) is 31.2 Å². The van der Waals surface area contributed by atoms with Gasteiger partial charge in [0.2, 0.25) is 0 Å². The van der Waals surface area contributed by atoms with Crippen LogP contribution >= 0.6 is 0 Å². The molecule has 2 fully saturated rings. The molecule has 3 N–H and O–H groups in total. The summed E-state index contributed by atoms with van der Waals surface area (Å²) in [6, 6.07) is 7.83. The Morgan fingerprint density at radius 1 is 0.892 bits per heavy atom. The molecule has 0 radical (unpaired) electrons. The zero-order chi connectivity index (χ0) is 26.5. The second kappa shape index (κ2) is 11.7. The van der Waals surface area contributed by atoms with Crippen molar-refractivity contribution < 1.29 is 18.8 Å². The number of benzene rings is 2. The van der Waals surface area contributed by atoms with E-state index in [0.29, 0.717) is 41.3 Å². The molecule has 2 aromatic carbocycles. The summed E-state index contributed by atoms with van der Waals surface area (Å²) in [7, 11) is 0. The first-order chi connectivity index (χ1) is 17.7. The van der Waals surface area contributed by atoms with E-state index in [-0.39, 0.29) is 34.9 Å². The predicted molar refractivity (Wildman–Crippen MR) is 143 cm³/mol. The Labute approximate surface area is 218 Å². The normalized spacial score (nSPS) is 15.6. The highest BCUT2D eigenvalue weighted by Gasteiger charge is 2.26. The fraction of sp³-hybridized carbons (Fsp3) is 0.433. The van der Waals surface area contributed by atoms with Crippen LogP contribution in [0, 0.1) is 18.7 Å². The van der Waals surface area contributed by atoms with Crippen molar-refractivity contribution in [3.05, 3.63) is 70.6 Å². The maximum atomic E-state index is 15.0. The number of rotatable bonds is 9. The van der Waals surface area contributed by atoms with E-state index < -0.39 is 5.82 Å². The molecule has 0 aromatic heterocycles. The topological polar surface area (TPSA) is 87.3 Å². The van der Waals surface area contributed by atoms with Gasteiger partial charge in [-0.2, -0.15) is 0 Å². The molecule has 0 saturated heterocycles. The zero-order valence-electron chi connectivity index (χ0n) is 21.7. The first-order valence-electron chi connectivity index (χ1n) is 13.2. The molecule has 0 heterocycles. The van der Waals surface area contributed by atoms with E-state index >= 15 is 0 Å². The smallest absolute Gasteiger partial charge is 0.251 e. The lowest BCUT2D eigenvalue weighted by Gasteiger charge is -2.22. The maximum Gasteiger partial charge on any atom is 0.251 e. The van der Waals surface area contributed by atoms with Gasteiger partial charge in [0, 0.05) is 35.8 Å². The van der Waals surface area contributed by atoms with Crippen LogP contribution in [-0.2, 0) is 0 Å². The van der Waals surface area contributed by atoms with Crippen LogP contribution in [0.4, 0.5) is 4.39 Å². The summed E-state index contributed by atoms with van der Waals surface area (Å²) >= 11 is 0. The first kappa shape index (κ1) is 26.6. The van der Waals surface area contributed by atoms with Gasteiger partial charge in [0.1, 0.15) is 5.82 Å². The molecular weight excluding hydrogens is 469 g/mol. The molecule has 2 aliphatic carbocycles. The summed E-state index contributed by atoms with van der Waals surface area (Å²) in [5, 5.41) is 8.73. The molecule has 37 heavy (non-hydrogen) atoms. The van der Waals surface area contributed by atoms with E-state index in [1.807, 2.05) is 6.92 Å². The van der Waals surface area contributed by atoms with Gasteiger partial charge in [0.25, 0.3) is 17.7 Å². The standard InChI is InChI=1S/C30H36FN3O3/c1-18(2)16-32-28(35)21-9-12-24(26(13-21)30(37)33-17-20-7-5-4-6-8-20)25-14-22(15-27(31)19(25)3)29(36)34-23-10-11-23/h9,12-15,20,23H,1,4-8,10-11,16-17H2,2-3H3,(H,32,35)(H,33,37)(H,34,36). The van der Waals surface area contributed by atoms with Gasteiger partial charge in [-0.05, 0) is 86.4 Å². The van der Waals surface area contributed by atoms with Crippen molar-refractivity contribution in [2.75, 3.05) is 13.1 Å². The van der Waals surface area contributed by atoms with Crippen molar-refractivity contribution in [1.82, 2.24) is 16.0 Å². The van der Waals surface area contributed by atoms with Crippen molar-refractivity contribution in [1.29, 1.82) is 0 Å². The fourth-order valence-electron chi connectivity index (χ4n) is 4.75. The summed E-state index contributed by atoms with van der Waals surface area (Å²) in [6.45, 7) is 8.13. The van der Waals surface area contributed by atoms with Crippen LogP contribution in [0.1, 0.15) is 88.5 Å². The summed E-state index contributed by atoms with van der Waals surface area (Å²) < 4.78 is 15.0. The third-order valence-electron chi connectivity index (χ3n) is 7.16. The second-order valence-electron chi connectivity index (χ2n) is 10.5. The quantitative estimate of drug-likeness (QED) is 0.404. The van der Waals surface area contributed by atoms with Crippen LogP contribution in [0.3, 0.4) is 0 Å². The third-order valence-corrected chi connectivity index (χ3v) is 7.16. The number of halogens is 1. The Kier molecular flexibility index (Phi) is 8.41. The molecule has 0 unspecified atom stereocenters. The molecule has 2 aromatic rings. The van der Waals surface area contributed by atoms with Crippen LogP contribution in [0.2, 0.25) is 0 Å². The van der Waals surface area contributed by atoms with Gasteiger partial charge >= 0.3 is 0 Å². The molecule has 0 bridgehead atoms. The Hall–Kier alpha value is -3.48. The van der Waals surface area contributed by atoms with Gasteiger partial charge in [-0.3, -0.25) is 14.4 Å². The van der Waals surface area contributed by atoms with Crippen LogP contribution in [0.25, 0.3) is 11.1 Å². The molecule has 0 atom stereocenters. The first-order valence-corrected chi connectivity index (χ1v) is 13.2. The Balaban J connectivity index is 1.69. The van der Waals surface area contributed by atoms with Gasteiger partial charge in [-0.15, -0.1) is 0 Å². The summed E-state index contributed by atoms with van der Waals surface area (Å²) in [4.78, 5) is 38.9. The molecule has 2 aliphatic rings. The number of carbonyl (C=O) groups is 3. The van der Waals surface area contributed by atoms with Gasteiger partial charge < -0.3 is 16.0 Å². The van der Waals surface area contributed by atoms with Crippen LogP contribution < -0.4 is 16.0 Å². The van der Waals surface area contributed by atoms with Gasteiger partial charge in [0.05, 0.1) is 0 Å². The van der Waals surface area contributed by atoms with Crippen LogP contribution in [-0.4, -0.2) is 36.9 Å². The predicted octanol–water partition coefficient (Wildman–Crippen LogP) is 5.31. The molecule has 4 rings (SSSR count). The SMILES string of the molecule is C=C(C)CNC(=O)c1ccc(-c2cc(C(=O)NC3CC3)cc(F)c2C)c(C(=O)NCC2CCCCC2)c1. The summed E-state index contributed by atoms with van der Waals surface area (Å²) in [6.07, 6.45) is 7.57. The fourth-order valence-corrected chi connectivity index (χ4v) is 4.75. The molecular formula is C30H36FN3O3. The molecule has 0 aliphatic heterocycles. The molecule has 196 valence electrons. The molecule has 0 spiro atoms. The number of hydrogen-bond acceptors (Lipinski definition) is 3. The second-order valence-corrected chi connectivity index (χ2v) is 10.5. The minimum absolute atomic E-state index is 0.137. The van der Waals surface area contributed by atoms with Gasteiger partial charge in [-0.1, -0.05) is 37.5 Å². The molecule has 2 saturated carbocycles. The van der Waals surface area contributed by atoms with Gasteiger partial charge in [0.15, 0.2) is 0 Å². The summed E-state index contributed by atoms with van der Waals surface area (Å²) in [5.74, 6) is -1.06. The van der Waals surface area contributed by atoms with Crippen LogP contribution in [0.15, 0.2) is 42.5 Å². The Morgan fingerprint density at radius 3 is 2.30 bits per heavy atom. The average molecular weight is 506 g/mol. The highest BCUT2D eigenvalue weighted by atomic mass is 19.1. The van der Waals surface area contributed by atoms with Crippen molar-refractivity contribution in [2.45, 2.75) is 64.8 Å².